The van der Waals surface area contributed by atoms with Crippen molar-refractivity contribution in [2.24, 2.45) is 22.7 Å². The van der Waals surface area contributed by atoms with Gasteiger partial charge in [0.25, 0.3) is 0 Å². The Kier molecular flexibility index (Phi) is 15.9. The van der Waals surface area contributed by atoms with E-state index >= 15 is 0 Å². The number of fused-ring (bicyclic) bond motifs is 5. The first kappa shape index (κ1) is 54.2. The van der Waals surface area contributed by atoms with Crippen LogP contribution < -0.4 is 0 Å². The molecule has 19 nitrogen and oxygen atoms in total. The Morgan fingerprint density at radius 3 is 1.88 bits per heavy atom. The lowest BCUT2D eigenvalue weighted by Gasteiger charge is -2.66. The number of ketones is 1. The Bertz CT molecular complexity index is 2080. The van der Waals surface area contributed by atoms with Crippen LogP contribution in [-0.2, 0) is 56.9 Å². The number of Topliss-reactive ketones (excluding diaryl/α,β-unsaturated/α-hetero) is 1. The van der Waals surface area contributed by atoms with Crippen LogP contribution in [0.1, 0.15) is 129 Å². The van der Waals surface area contributed by atoms with Crippen LogP contribution in [0.4, 0.5) is 0 Å². The van der Waals surface area contributed by atoms with Gasteiger partial charge in [0.05, 0.1) is 60.5 Å². The molecule has 24 atom stereocenters. The lowest BCUT2D eigenvalue weighted by Crippen LogP contribution is -2.75. The molecule has 0 radical (unpaired) electrons. The van der Waals surface area contributed by atoms with E-state index in [2.05, 4.69) is 18.0 Å². The zero-order valence-corrected chi connectivity index (χ0v) is 43.2. The van der Waals surface area contributed by atoms with E-state index in [9.17, 15) is 35.1 Å². The smallest absolute Gasteiger partial charge is 0.339 e. The zero-order valence-electron chi connectivity index (χ0n) is 43.2. The minimum Gasteiger partial charge on any atom is -0.458 e. The molecule has 0 aromatic carbocycles. The van der Waals surface area contributed by atoms with E-state index in [0.717, 1.165) is 5.57 Å². The fourth-order valence-corrected chi connectivity index (χ4v) is 14.4. The summed E-state index contributed by atoms with van der Waals surface area (Å²) in [6, 6.07) is 3.28. The van der Waals surface area contributed by atoms with Crippen molar-refractivity contribution < 1.29 is 87.2 Å². The normalized spacial score (nSPS) is 49.4. The van der Waals surface area contributed by atoms with Gasteiger partial charge in [0, 0.05) is 69.5 Å². The van der Waals surface area contributed by atoms with Crippen LogP contribution in [0.2, 0.25) is 0 Å². The maximum atomic E-state index is 13.6. The molecular weight excluding hydrogens is 939 g/mol. The molecule has 1 aromatic heterocycles. The second-order valence-corrected chi connectivity index (χ2v) is 22.5. The fourth-order valence-electron chi connectivity index (χ4n) is 14.4. The number of hydrogen-bond donors (Lipinski definition) is 5. The summed E-state index contributed by atoms with van der Waals surface area (Å²) in [7, 11) is 3.14. The van der Waals surface area contributed by atoms with Crippen molar-refractivity contribution in [3.05, 3.63) is 41.7 Å². The quantitative estimate of drug-likeness (QED) is 0.139. The van der Waals surface area contributed by atoms with Crippen molar-refractivity contribution in [2.75, 3.05) is 14.2 Å². The Labute approximate surface area is 422 Å². The van der Waals surface area contributed by atoms with Crippen molar-refractivity contribution in [3.63, 3.8) is 0 Å². The largest absolute Gasteiger partial charge is 0.458 e. The third-order valence-electron chi connectivity index (χ3n) is 18.5. The summed E-state index contributed by atoms with van der Waals surface area (Å²) in [6.07, 6.45) is -3.11. The number of rotatable bonds is 13. The van der Waals surface area contributed by atoms with Crippen molar-refractivity contribution in [2.45, 2.75) is 241 Å². The molecule has 404 valence electrons. The molecule has 4 saturated heterocycles. The van der Waals surface area contributed by atoms with E-state index in [-0.39, 0.29) is 49.6 Å². The monoisotopic (exact) mass is 1020 g/mol. The third-order valence-corrected chi connectivity index (χ3v) is 18.5. The highest BCUT2D eigenvalue weighted by atomic mass is 16.8. The molecule has 72 heavy (non-hydrogen) atoms. The minimum absolute atomic E-state index is 0.0845. The molecule has 1 aromatic rings. The number of carbonyl (C=O) groups is 2. The number of aliphatic hydroxyl groups excluding tert-OH is 3. The molecular formula is C53H79NO18. The van der Waals surface area contributed by atoms with Gasteiger partial charge in [0.1, 0.15) is 47.5 Å². The minimum atomic E-state index is -1.70. The van der Waals surface area contributed by atoms with Crippen LogP contribution in [-0.4, -0.2) is 178 Å². The molecule has 0 amide bonds. The van der Waals surface area contributed by atoms with E-state index in [1.807, 2.05) is 13.8 Å². The van der Waals surface area contributed by atoms with Gasteiger partial charge in [-0.15, -0.1) is 0 Å². The maximum Gasteiger partial charge on any atom is 0.339 e. The highest BCUT2D eigenvalue weighted by Crippen LogP contribution is 2.70. The van der Waals surface area contributed by atoms with Crippen LogP contribution in [0.15, 0.2) is 36.2 Å². The van der Waals surface area contributed by atoms with Crippen molar-refractivity contribution in [1.82, 2.24) is 4.98 Å². The van der Waals surface area contributed by atoms with Gasteiger partial charge >= 0.3 is 5.97 Å². The number of ether oxygens (including phenoxy) is 11. The second-order valence-electron chi connectivity index (χ2n) is 22.5. The summed E-state index contributed by atoms with van der Waals surface area (Å²) in [4.78, 5) is 30.9. The van der Waals surface area contributed by atoms with E-state index in [4.69, 9.17) is 52.1 Å². The van der Waals surface area contributed by atoms with Crippen molar-refractivity contribution in [3.8, 4) is 0 Å². The summed E-state index contributed by atoms with van der Waals surface area (Å²) in [6.45, 7) is 12.7. The molecule has 3 saturated carbocycles. The van der Waals surface area contributed by atoms with E-state index in [0.29, 0.717) is 38.5 Å². The second kappa shape index (κ2) is 21.1. The molecule has 5 heterocycles. The first-order chi connectivity index (χ1) is 34.1. The van der Waals surface area contributed by atoms with E-state index in [1.54, 1.807) is 46.2 Å². The van der Waals surface area contributed by atoms with E-state index in [1.165, 1.54) is 20.2 Å². The number of aliphatic hydroxyl groups is 5. The maximum absolute atomic E-state index is 13.6. The van der Waals surface area contributed by atoms with Crippen molar-refractivity contribution >= 4 is 11.8 Å². The van der Waals surface area contributed by atoms with Gasteiger partial charge in [-0.25, -0.2) is 4.79 Å². The number of carbonyl (C=O) groups excluding carboxylic acids is 2. The fraction of sp³-hybridized carbons (Fsp3) is 0.830. The molecule has 4 aliphatic carbocycles. The molecule has 19 heteroatoms. The van der Waals surface area contributed by atoms with Gasteiger partial charge in [-0.05, 0) is 97.1 Å². The number of esters is 1. The summed E-state index contributed by atoms with van der Waals surface area (Å²) in [5, 5.41) is 58.8. The highest BCUT2D eigenvalue weighted by molar-refractivity contribution is 5.89. The Balaban J connectivity index is 0.791. The molecule has 5 N–H and O–H groups in total. The molecule has 0 spiro atoms. The Hall–Kier alpha value is -2.57. The average molecular weight is 1020 g/mol. The van der Waals surface area contributed by atoms with E-state index < -0.39 is 144 Å². The lowest BCUT2D eigenvalue weighted by atomic mass is 9.43. The number of hydrogen-bond acceptors (Lipinski definition) is 19. The molecule has 4 aliphatic heterocycles. The molecule has 0 bridgehead atoms. The predicted molar refractivity (Wildman–Crippen MR) is 253 cm³/mol. The third kappa shape index (κ3) is 9.67. The highest BCUT2D eigenvalue weighted by Gasteiger charge is 2.77. The first-order valence-corrected chi connectivity index (χ1v) is 26.2. The molecule has 24 unspecified atom stereocenters. The molecule has 9 rings (SSSR count). The van der Waals surface area contributed by atoms with Gasteiger partial charge in [0.15, 0.2) is 25.2 Å². The zero-order chi connectivity index (χ0) is 51.7. The number of aromatic nitrogens is 1. The average Bonchev–Trinajstić information content (AvgIpc) is 3.64. The summed E-state index contributed by atoms with van der Waals surface area (Å²) in [5.41, 5.74) is -3.68. The number of pyridine rings is 1. The van der Waals surface area contributed by atoms with Crippen LogP contribution in [0.5, 0.6) is 0 Å². The van der Waals surface area contributed by atoms with Crippen LogP contribution in [0.25, 0.3) is 0 Å². The number of methoxy groups -OCH3 is 2. The standard InChI is InChI=1S/C53H79NO18/c1-26(55)34-14-17-53(61)51(34,7)40(69-49(59)31-11-10-18-54-25-31)24-39-50(6)15-13-33(19-32(50)12-16-52(39,53)60)68-43-23-38(63-9)48(30(5)67-43)72-42-21-36(57)46(28(3)66-42)70-41-20-35(56)47(29(4)65-41)71-44-22-37(62-8)45(58)27(2)64-44/h10-12,18,25,27-30,33-48,56-58,60-61H,13-17,19-24H2,1-9H3. The molecule has 7 fully saturated rings. The van der Waals surface area contributed by atoms with Crippen molar-refractivity contribution in [1.29, 1.82) is 0 Å². The van der Waals surface area contributed by atoms with Gasteiger partial charge in [0.2, 0.25) is 0 Å². The first-order valence-electron chi connectivity index (χ1n) is 26.2. The number of nitrogens with zero attached hydrogens (tertiary/aromatic N) is 1. The van der Waals surface area contributed by atoms with Crippen LogP contribution >= 0.6 is 0 Å². The predicted octanol–water partition coefficient (Wildman–Crippen LogP) is 3.81. The summed E-state index contributed by atoms with van der Waals surface area (Å²) >= 11 is 0. The van der Waals surface area contributed by atoms with Gasteiger partial charge < -0.3 is 77.6 Å². The van der Waals surface area contributed by atoms with Crippen LogP contribution in [0.3, 0.4) is 0 Å². The van der Waals surface area contributed by atoms with Gasteiger partial charge in [-0.3, -0.25) is 9.78 Å². The lowest BCUT2D eigenvalue weighted by molar-refractivity contribution is -0.345. The van der Waals surface area contributed by atoms with Crippen LogP contribution in [0, 0.1) is 22.7 Å². The molecule has 8 aliphatic rings. The van der Waals surface area contributed by atoms with Gasteiger partial charge in [-0.1, -0.05) is 25.5 Å². The Morgan fingerprint density at radius 1 is 0.722 bits per heavy atom. The summed E-state index contributed by atoms with van der Waals surface area (Å²) < 4.78 is 68.1. The topological polar surface area (TPSA) is 250 Å². The Morgan fingerprint density at radius 2 is 1.29 bits per heavy atom. The van der Waals surface area contributed by atoms with Gasteiger partial charge in [-0.2, -0.15) is 0 Å². The summed E-state index contributed by atoms with van der Waals surface area (Å²) in [5.74, 6) is -1.77. The SMILES string of the molecule is COC1CC(OC2C(O)CC(OC3C(O)CC(OC4C(C)OC(OC5CCC6(C)C(=CCC7(O)C6CC(OC(=O)c6cccnc6)C6(C)C(C(C)=O)CCC76O)C5)CC4OC)OC3C)OC2C)OC(C)C1O.